The Balaban J connectivity index is 1.26. The number of nitrogens with one attached hydrogen (secondary N) is 2. The SMILES string of the molecule is Cc1[nH]c(-c2ccc(C(F)(F)F)cc2)nc1CN1CCC(n2c(=O)[nH]c3cc(Cl)ccc32)CC1. The highest BCUT2D eigenvalue weighted by molar-refractivity contribution is 6.31. The highest BCUT2D eigenvalue weighted by Crippen LogP contribution is 2.31. The highest BCUT2D eigenvalue weighted by Gasteiger charge is 2.30. The van der Waals surface area contributed by atoms with Crippen LogP contribution in [-0.2, 0) is 12.7 Å². The molecule has 2 aromatic carbocycles. The molecule has 0 aliphatic carbocycles. The molecule has 0 amide bonds. The molecule has 0 unspecified atom stereocenters. The summed E-state index contributed by atoms with van der Waals surface area (Å²) in [6.07, 6.45) is -2.71. The molecule has 4 aromatic rings. The summed E-state index contributed by atoms with van der Waals surface area (Å²) < 4.78 is 40.3. The minimum absolute atomic E-state index is 0.0988. The zero-order chi connectivity index (χ0) is 24.0. The van der Waals surface area contributed by atoms with Gasteiger partial charge in [0.1, 0.15) is 5.82 Å². The second-order valence-electron chi connectivity index (χ2n) is 8.70. The van der Waals surface area contributed by atoms with Gasteiger partial charge >= 0.3 is 11.9 Å². The van der Waals surface area contributed by atoms with Crippen molar-refractivity contribution in [3.63, 3.8) is 0 Å². The number of aryl methyl sites for hydroxylation is 1. The third-order valence-corrected chi connectivity index (χ3v) is 6.68. The summed E-state index contributed by atoms with van der Waals surface area (Å²) in [5, 5.41) is 0.584. The van der Waals surface area contributed by atoms with Crippen LogP contribution < -0.4 is 5.69 Å². The van der Waals surface area contributed by atoms with E-state index in [-0.39, 0.29) is 11.7 Å². The summed E-state index contributed by atoms with van der Waals surface area (Å²) in [5.41, 5.74) is 3.16. The van der Waals surface area contributed by atoms with E-state index in [0.29, 0.717) is 23.0 Å². The second kappa shape index (κ2) is 8.63. The maximum atomic E-state index is 12.8. The number of imidazole rings is 2. The number of rotatable bonds is 4. The van der Waals surface area contributed by atoms with E-state index >= 15 is 0 Å². The zero-order valence-electron chi connectivity index (χ0n) is 18.4. The third kappa shape index (κ3) is 4.37. The molecule has 34 heavy (non-hydrogen) atoms. The van der Waals surface area contributed by atoms with Crippen LogP contribution >= 0.6 is 11.6 Å². The topological polar surface area (TPSA) is 69.7 Å². The quantitative estimate of drug-likeness (QED) is 0.395. The molecule has 0 spiro atoms. The van der Waals surface area contributed by atoms with Gasteiger partial charge in [-0.25, -0.2) is 9.78 Å². The smallest absolute Gasteiger partial charge is 0.342 e. The first-order chi connectivity index (χ1) is 16.2. The lowest BCUT2D eigenvalue weighted by molar-refractivity contribution is -0.137. The average Bonchev–Trinajstić information content (AvgIpc) is 3.32. The Labute approximate surface area is 198 Å². The molecule has 1 saturated heterocycles. The molecule has 1 aliphatic rings. The lowest BCUT2D eigenvalue weighted by Gasteiger charge is -2.32. The summed E-state index contributed by atoms with van der Waals surface area (Å²) in [6, 6.07) is 10.5. The van der Waals surface area contributed by atoms with Crippen LogP contribution in [0.25, 0.3) is 22.4 Å². The molecule has 5 rings (SSSR count). The Bertz CT molecular complexity index is 1380. The van der Waals surface area contributed by atoms with E-state index in [4.69, 9.17) is 11.6 Å². The summed E-state index contributed by atoms with van der Waals surface area (Å²) in [5.74, 6) is 0.556. The van der Waals surface area contributed by atoms with Gasteiger partial charge in [-0.05, 0) is 50.1 Å². The number of alkyl halides is 3. The second-order valence-corrected chi connectivity index (χ2v) is 9.14. The number of piperidine rings is 1. The van der Waals surface area contributed by atoms with Crippen LogP contribution in [-0.4, -0.2) is 37.5 Å². The van der Waals surface area contributed by atoms with Crippen LogP contribution in [0.3, 0.4) is 0 Å². The van der Waals surface area contributed by atoms with Crippen molar-refractivity contribution < 1.29 is 13.2 Å². The van der Waals surface area contributed by atoms with E-state index in [0.717, 1.165) is 60.5 Å². The van der Waals surface area contributed by atoms with Crippen LogP contribution in [0.4, 0.5) is 13.2 Å². The van der Waals surface area contributed by atoms with Crippen LogP contribution in [0.1, 0.15) is 35.8 Å². The highest BCUT2D eigenvalue weighted by atomic mass is 35.5. The van der Waals surface area contributed by atoms with Crippen LogP contribution in [0.2, 0.25) is 5.02 Å². The Kier molecular flexibility index (Phi) is 5.77. The average molecular weight is 490 g/mol. The first-order valence-corrected chi connectivity index (χ1v) is 11.4. The fourth-order valence-corrected chi connectivity index (χ4v) is 4.79. The number of nitrogens with zero attached hydrogens (tertiary/aromatic N) is 3. The maximum absolute atomic E-state index is 12.8. The monoisotopic (exact) mass is 489 g/mol. The van der Waals surface area contributed by atoms with Gasteiger partial charge in [-0.2, -0.15) is 13.2 Å². The molecule has 2 aromatic heterocycles. The molecular weight excluding hydrogens is 467 g/mol. The van der Waals surface area contributed by atoms with E-state index in [1.165, 1.54) is 12.1 Å². The third-order valence-electron chi connectivity index (χ3n) is 6.45. The fourth-order valence-electron chi connectivity index (χ4n) is 4.62. The predicted octanol–water partition coefficient (Wildman–Crippen LogP) is 5.54. The van der Waals surface area contributed by atoms with E-state index in [1.54, 1.807) is 12.1 Å². The van der Waals surface area contributed by atoms with Gasteiger partial charge in [-0.1, -0.05) is 23.7 Å². The minimum Gasteiger partial charge on any atom is -0.342 e. The molecule has 178 valence electrons. The van der Waals surface area contributed by atoms with Crippen molar-refractivity contribution >= 4 is 22.6 Å². The molecule has 2 N–H and O–H groups in total. The van der Waals surface area contributed by atoms with E-state index in [9.17, 15) is 18.0 Å². The normalized spacial score (nSPS) is 15.9. The number of aromatic nitrogens is 4. The van der Waals surface area contributed by atoms with Crippen LogP contribution in [0.5, 0.6) is 0 Å². The number of benzene rings is 2. The number of aromatic amines is 2. The molecule has 10 heteroatoms. The lowest BCUT2D eigenvalue weighted by Crippen LogP contribution is -2.36. The van der Waals surface area contributed by atoms with Gasteiger partial charge in [-0.15, -0.1) is 0 Å². The van der Waals surface area contributed by atoms with Gasteiger partial charge in [0.25, 0.3) is 0 Å². The molecular formula is C24H23ClF3N5O. The van der Waals surface area contributed by atoms with Gasteiger partial charge in [-0.3, -0.25) is 9.47 Å². The molecule has 0 bridgehead atoms. The van der Waals surface area contributed by atoms with Crippen molar-refractivity contribution in [3.8, 4) is 11.4 Å². The van der Waals surface area contributed by atoms with E-state index < -0.39 is 11.7 Å². The first kappa shape index (κ1) is 22.7. The van der Waals surface area contributed by atoms with E-state index in [1.807, 2.05) is 17.6 Å². The Hall–Kier alpha value is -3.04. The van der Waals surface area contributed by atoms with Gasteiger partial charge in [0, 0.05) is 42.0 Å². The van der Waals surface area contributed by atoms with Crippen molar-refractivity contribution in [2.24, 2.45) is 0 Å². The number of fused-ring (bicyclic) bond motifs is 1. The first-order valence-electron chi connectivity index (χ1n) is 11.0. The number of hydrogen-bond acceptors (Lipinski definition) is 3. The fraction of sp³-hybridized carbons (Fsp3) is 0.333. The van der Waals surface area contributed by atoms with Crippen LogP contribution in [0.15, 0.2) is 47.3 Å². The number of halogens is 4. The zero-order valence-corrected chi connectivity index (χ0v) is 19.2. The van der Waals surface area contributed by atoms with Gasteiger partial charge < -0.3 is 9.97 Å². The standard InChI is InChI=1S/C24H23ClF3N5O/c1-14-20(30-22(29-14)15-2-4-16(5-3-15)24(26,27)28)13-32-10-8-18(9-11-32)33-21-7-6-17(25)12-19(21)31-23(33)34/h2-7,12,18H,8-11,13H2,1H3,(H,29,30)(H,31,34). The number of H-pyrrole nitrogens is 2. The van der Waals surface area contributed by atoms with E-state index in [2.05, 4.69) is 19.9 Å². The Morgan fingerprint density at radius 2 is 1.79 bits per heavy atom. The Morgan fingerprint density at radius 3 is 2.47 bits per heavy atom. The van der Waals surface area contributed by atoms with Crippen molar-refractivity contribution in [1.29, 1.82) is 0 Å². The summed E-state index contributed by atoms with van der Waals surface area (Å²) in [7, 11) is 0. The number of hydrogen-bond donors (Lipinski definition) is 2. The van der Waals surface area contributed by atoms with Crippen molar-refractivity contribution in [2.75, 3.05) is 13.1 Å². The molecule has 6 nitrogen and oxygen atoms in total. The molecule has 0 atom stereocenters. The largest absolute Gasteiger partial charge is 0.416 e. The van der Waals surface area contributed by atoms with Crippen LogP contribution in [0, 0.1) is 6.92 Å². The minimum atomic E-state index is -4.36. The maximum Gasteiger partial charge on any atom is 0.416 e. The predicted molar refractivity (Wildman–Crippen MR) is 125 cm³/mol. The summed E-state index contributed by atoms with van der Waals surface area (Å²) in [6.45, 7) is 4.16. The Morgan fingerprint density at radius 1 is 1.09 bits per heavy atom. The van der Waals surface area contributed by atoms with Gasteiger partial charge in [0.15, 0.2) is 0 Å². The van der Waals surface area contributed by atoms with Crippen molar-refractivity contribution in [1.82, 2.24) is 24.4 Å². The molecule has 0 radical (unpaired) electrons. The van der Waals surface area contributed by atoms with Crippen molar-refractivity contribution in [2.45, 2.75) is 38.5 Å². The van der Waals surface area contributed by atoms with Crippen molar-refractivity contribution in [3.05, 3.63) is 74.9 Å². The number of likely N-dealkylation sites (tertiary alicyclic amines) is 1. The molecule has 1 aliphatic heterocycles. The van der Waals surface area contributed by atoms with Gasteiger partial charge in [0.05, 0.1) is 22.3 Å². The summed E-state index contributed by atoms with van der Waals surface area (Å²) >= 11 is 6.05. The van der Waals surface area contributed by atoms with Gasteiger partial charge in [0.2, 0.25) is 0 Å². The molecule has 1 fully saturated rings. The molecule has 3 heterocycles. The lowest BCUT2D eigenvalue weighted by atomic mass is 10.0. The molecule has 0 saturated carbocycles. The summed E-state index contributed by atoms with van der Waals surface area (Å²) in [4.78, 5) is 25.6.